The van der Waals surface area contributed by atoms with E-state index in [2.05, 4.69) is 5.32 Å². The average molecular weight is 370 g/mol. The monoisotopic (exact) mass is 370 g/mol. The van der Waals surface area contributed by atoms with Gasteiger partial charge >= 0.3 is 0 Å². The summed E-state index contributed by atoms with van der Waals surface area (Å²) >= 11 is 0. The molecule has 0 unspecified atom stereocenters. The van der Waals surface area contributed by atoms with Crippen molar-refractivity contribution in [1.29, 1.82) is 0 Å². The van der Waals surface area contributed by atoms with Gasteiger partial charge in [0.1, 0.15) is 0 Å². The van der Waals surface area contributed by atoms with Gasteiger partial charge in [-0.05, 0) is 41.8 Å². The van der Waals surface area contributed by atoms with Crippen molar-refractivity contribution in [2.24, 2.45) is 0 Å². The summed E-state index contributed by atoms with van der Waals surface area (Å²) in [7, 11) is 0. The zero-order valence-corrected chi connectivity index (χ0v) is 15.5. The number of anilines is 2. The molecule has 0 spiro atoms. The Morgan fingerprint density at radius 2 is 1.39 bits per heavy atom. The molecule has 1 N–H and O–H groups in total. The number of benzene rings is 3. The van der Waals surface area contributed by atoms with Crippen molar-refractivity contribution in [3.63, 3.8) is 0 Å². The molecule has 4 heteroatoms. The Bertz CT molecular complexity index is 913. The van der Waals surface area contributed by atoms with Crippen molar-refractivity contribution in [3.8, 4) is 0 Å². The summed E-state index contributed by atoms with van der Waals surface area (Å²) in [6.45, 7) is 0.759. The minimum Gasteiger partial charge on any atom is -0.325 e. The fourth-order valence-corrected chi connectivity index (χ4v) is 3.65. The maximum atomic E-state index is 13.1. The highest BCUT2D eigenvalue weighted by molar-refractivity contribution is 5.99. The molecular weight excluding hydrogens is 348 g/mol. The van der Waals surface area contributed by atoms with Crippen LogP contribution in [0.1, 0.15) is 29.9 Å². The van der Waals surface area contributed by atoms with Gasteiger partial charge in [-0.1, -0.05) is 60.7 Å². The first-order valence-electron chi connectivity index (χ1n) is 9.53. The minimum atomic E-state index is -0.387. The van der Waals surface area contributed by atoms with Gasteiger partial charge in [0, 0.05) is 24.3 Å². The molecule has 140 valence electrons. The Morgan fingerprint density at radius 1 is 0.821 bits per heavy atom. The zero-order valence-electron chi connectivity index (χ0n) is 15.5. The average Bonchev–Trinajstić information content (AvgIpc) is 3.16. The highest BCUT2D eigenvalue weighted by Crippen LogP contribution is 2.27. The van der Waals surface area contributed by atoms with E-state index in [1.807, 2.05) is 84.9 Å². The van der Waals surface area contributed by atoms with E-state index in [1.54, 1.807) is 4.90 Å². The topological polar surface area (TPSA) is 49.4 Å². The smallest absolute Gasteiger partial charge is 0.236 e. The lowest BCUT2D eigenvalue weighted by atomic mass is 9.90. The number of carbonyl (C=O) groups is 2. The first-order valence-corrected chi connectivity index (χ1v) is 9.53. The predicted molar refractivity (Wildman–Crippen MR) is 111 cm³/mol. The largest absolute Gasteiger partial charge is 0.325 e. The van der Waals surface area contributed by atoms with E-state index in [0.717, 1.165) is 35.5 Å². The van der Waals surface area contributed by atoms with Gasteiger partial charge in [-0.2, -0.15) is 0 Å². The highest BCUT2D eigenvalue weighted by Gasteiger charge is 2.24. The summed E-state index contributed by atoms with van der Waals surface area (Å²) in [5.74, 6) is -0.311. The molecule has 2 amide bonds. The lowest BCUT2D eigenvalue weighted by molar-refractivity contribution is -0.117. The number of hydrogen-bond acceptors (Lipinski definition) is 2. The summed E-state index contributed by atoms with van der Waals surface area (Å²) in [6.07, 6.45) is 1.50. The molecule has 0 atom stereocenters. The first-order chi connectivity index (χ1) is 13.7. The van der Waals surface area contributed by atoms with Crippen LogP contribution in [0.4, 0.5) is 11.4 Å². The highest BCUT2D eigenvalue weighted by atomic mass is 16.2. The molecular formula is C24H22N2O2. The van der Waals surface area contributed by atoms with Crippen molar-refractivity contribution in [1.82, 2.24) is 0 Å². The van der Waals surface area contributed by atoms with E-state index in [0.29, 0.717) is 6.42 Å². The summed E-state index contributed by atoms with van der Waals surface area (Å²) in [5, 5.41) is 3.03. The van der Waals surface area contributed by atoms with E-state index in [1.165, 1.54) is 0 Å². The van der Waals surface area contributed by atoms with Gasteiger partial charge in [0.25, 0.3) is 0 Å². The number of nitrogens with zero attached hydrogens (tertiary/aromatic N) is 1. The normalized spacial score (nSPS) is 13.8. The van der Waals surface area contributed by atoms with Crippen molar-refractivity contribution < 1.29 is 9.59 Å². The van der Waals surface area contributed by atoms with Crippen LogP contribution in [0.15, 0.2) is 84.9 Å². The Morgan fingerprint density at radius 3 is 1.89 bits per heavy atom. The third-order valence-corrected chi connectivity index (χ3v) is 5.05. The third kappa shape index (κ3) is 3.81. The van der Waals surface area contributed by atoms with Crippen LogP contribution in [0.2, 0.25) is 0 Å². The van der Waals surface area contributed by atoms with E-state index in [9.17, 15) is 9.59 Å². The van der Waals surface area contributed by atoms with Crippen molar-refractivity contribution in [2.45, 2.75) is 18.8 Å². The lowest BCUT2D eigenvalue weighted by Gasteiger charge is -2.19. The Kier molecular flexibility index (Phi) is 5.20. The molecule has 1 aliphatic heterocycles. The number of rotatable bonds is 5. The van der Waals surface area contributed by atoms with Crippen LogP contribution in [-0.4, -0.2) is 18.4 Å². The van der Waals surface area contributed by atoms with Crippen LogP contribution in [0, 0.1) is 0 Å². The van der Waals surface area contributed by atoms with E-state index in [4.69, 9.17) is 0 Å². The second-order valence-corrected chi connectivity index (χ2v) is 6.94. The molecule has 4 rings (SSSR count). The predicted octanol–water partition coefficient (Wildman–Crippen LogP) is 4.58. The van der Waals surface area contributed by atoms with Gasteiger partial charge in [0.05, 0.1) is 5.92 Å². The van der Waals surface area contributed by atoms with Crippen LogP contribution in [0.3, 0.4) is 0 Å². The van der Waals surface area contributed by atoms with Gasteiger partial charge in [-0.25, -0.2) is 0 Å². The molecule has 1 fully saturated rings. The van der Waals surface area contributed by atoms with E-state index in [-0.39, 0.29) is 17.7 Å². The lowest BCUT2D eigenvalue weighted by Crippen LogP contribution is -2.24. The molecule has 0 saturated carbocycles. The van der Waals surface area contributed by atoms with Crippen molar-refractivity contribution in [3.05, 3.63) is 96.1 Å². The number of carbonyl (C=O) groups excluding carboxylic acids is 2. The van der Waals surface area contributed by atoms with Crippen molar-refractivity contribution in [2.75, 3.05) is 16.8 Å². The Balaban J connectivity index is 1.55. The first kappa shape index (κ1) is 18.0. The summed E-state index contributed by atoms with van der Waals surface area (Å²) in [6, 6.07) is 27.0. The molecule has 1 heterocycles. The molecule has 28 heavy (non-hydrogen) atoms. The standard InChI is InChI=1S/C24H22N2O2/c27-22-12-7-17-26(22)21-15-13-20(14-16-21)25-24(28)23(18-8-3-1-4-9-18)19-10-5-2-6-11-19/h1-6,8-11,13-16,23H,7,12,17H2,(H,25,28). The summed E-state index contributed by atoms with van der Waals surface area (Å²) in [4.78, 5) is 26.8. The SMILES string of the molecule is O=C(Nc1ccc(N2CCCC2=O)cc1)C(c1ccccc1)c1ccccc1. The van der Waals surface area contributed by atoms with E-state index < -0.39 is 0 Å². The van der Waals surface area contributed by atoms with Gasteiger partial charge in [0.15, 0.2) is 0 Å². The minimum absolute atomic E-state index is 0.0811. The van der Waals surface area contributed by atoms with Gasteiger partial charge in [-0.15, -0.1) is 0 Å². The molecule has 4 nitrogen and oxygen atoms in total. The fourth-order valence-electron chi connectivity index (χ4n) is 3.65. The van der Waals surface area contributed by atoms with Gasteiger partial charge in [0.2, 0.25) is 11.8 Å². The molecule has 3 aromatic rings. The van der Waals surface area contributed by atoms with E-state index >= 15 is 0 Å². The van der Waals surface area contributed by atoms with Crippen molar-refractivity contribution >= 4 is 23.2 Å². The third-order valence-electron chi connectivity index (χ3n) is 5.05. The molecule has 1 saturated heterocycles. The second kappa shape index (κ2) is 8.09. The molecule has 3 aromatic carbocycles. The fraction of sp³-hybridized carbons (Fsp3) is 0.167. The number of nitrogens with one attached hydrogen (secondary N) is 1. The van der Waals surface area contributed by atoms with Gasteiger partial charge < -0.3 is 10.2 Å². The van der Waals surface area contributed by atoms with Crippen LogP contribution < -0.4 is 10.2 Å². The Hall–Kier alpha value is -3.40. The molecule has 0 bridgehead atoms. The zero-order chi connectivity index (χ0) is 19.3. The van der Waals surface area contributed by atoms with Crippen LogP contribution in [0.5, 0.6) is 0 Å². The summed E-state index contributed by atoms with van der Waals surface area (Å²) < 4.78 is 0. The Labute approximate surface area is 164 Å². The maximum Gasteiger partial charge on any atom is 0.236 e. The second-order valence-electron chi connectivity index (χ2n) is 6.94. The van der Waals surface area contributed by atoms with Gasteiger partial charge in [-0.3, -0.25) is 9.59 Å². The number of hydrogen-bond donors (Lipinski definition) is 1. The van der Waals surface area contributed by atoms with Crippen LogP contribution >= 0.6 is 0 Å². The molecule has 0 aliphatic carbocycles. The summed E-state index contributed by atoms with van der Waals surface area (Å²) in [5.41, 5.74) is 3.50. The quantitative estimate of drug-likeness (QED) is 0.714. The maximum absolute atomic E-state index is 13.1. The number of amides is 2. The molecule has 1 aliphatic rings. The van der Waals surface area contributed by atoms with Crippen LogP contribution in [-0.2, 0) is 9.59 Å². The molecule has 0 radical (unpaired) electrons. The van der Waals surface area contributed by atoms with Crippen LogP contribution in [0.25, 0.3) is 0 Å². The molecule has 0 aromatic heterocycles.